The lowest BCUT2D eigenvalue weighted by Crippen LogP contribution is -2.42. The average molecular weight is 318 g/mol. The fraction of sp³-hybridized carbons (Fsp3) is 0.467. The molecule has 2 aliphatic rings. The molecule has 8 nitrogen and oxygen atoms in total. The average Bonchev–Trinajstić information content (AvgIpc) is 3.06. The maximum atomic E-state index is 12.3. The number of nitrogens with zero attached hydrogens (tertiary/aromatic N) is 3. The molecule has 0 aromatic carbocycles. The summed E-state index contributed by atoms with van der Waals surface area (Å²) < 4.78 is 0. The van der Waals surface area contributed by atoms with Gasteiger partial charge in [0.2, 0.25) is 5.91 Å². The third-order valence-electron chi connectivity index (χ3n) is 4.24. The molecular formula is C15H18N4O4. The van der Waals surface area contributed by atoms with Crippen LogP contribution in [0.3, 0.4) is 0 Å². The summed E-state index contributed by atoms with van der Waals surface area (Å²) in [5.41, 5.74) is 1.05. The van der Waals surface area contributed by atoms with Crippen LogP contribution in [0.25, 0.3) is 0 Å². The van der Waals surface area contributed by atoms with Crippen LogP contribution in [0.5, 0.6) is 0 Å². The van der Waals surface area contributed by atoms with Crippen LogP contribution in [-0.2, 0) is 16.0 Å². The fourth-order valence-corrected chi connectivity index (χ4v) is 2.93. The first-order valence-electron chi connectivity index (χ1n) is 7.47. The van der Waals surface area contributed by atoms with E-state index >= 15 is 0 Å². The van der Waals surface area contributed by atoms with Gasteiger partial charge in [-0.2, -0.15) is 0 Å². The molecule has 2 atom stereocenters. The Kier molecular flexibility index (Phi) is 4.24. The molecule has 2 fully saturated rings. The van der Waals surface area contributed by atoms with E-state index in [1.807, 2.05) is 12.1 Å². The Balaban J connectivity index is 1.58. The number of β-amino-alcohol motifs (C(OH)–C–C–N with tert-alkyl or cyclic N) is 1. The van der Waals surface area contributed by atoms with E-state index in [1.54, 1.807) is 12.4 Å². The Morgan fingerprint density at radius 1 is 1.30 bits per heavy atom. The quantitative estimate of drug-likeness (QED) is 0.693. The summed E-state index contributed by atoms with van der Waals surface area (Å²) in [6.07, 6.45) is 3.42. The van der Waals surface area contributed by atoms with Crippen molar-refractivity contribution in [1.29, 1.82) is 0 Å². The van der Waals surface area contributed by atoms with Crippen LogP contribution in [0.4, 0.5) is 4.79 Å². The Bertz CT molecular complexity index is 605. The van der Waals surface area contributed by atoms with Gasteiger partial charge < -0.3 is 15.3 Å². The summed E-state index contributed by atoms with van der Waals surface area (Å²) >= 11 is 0. The molecule has 1 aromatic rings. The number of aliphatic hydroxyl groups excluding tert-OH is 1. The zero-order valence-electron chi connectivity index (χ0n) is 12.5. The van der Waals surface area contributed by atoms with E-state index in [9.17, 15) is 19.5 Å². The van der Waals surface area contributed by atoms with Crippen molar-refractivity contribution >= 4 is 17.8 Å². The number of amides is 4. The largest absolute Gasteiger partial charge is 0.391 e. The number of aromatic nitrogens is 1. The Labute approximate surface area is 133 Å². The normalized spacial score (nSPS) is 24.2. The van der Waals surface area contributed by atoms with Crippen molar-refractivity contribution in [2.24, 2.45) is 5.92 Å². The number of hydrogen-bond donors (Lipinski definition) is 2. The first kappa shape index (κ1) is 15.4. The number of likely N-dealkylation sites (tertiary alicyclic amines) is 1. The molecule has 0 unspecified atom stereocenters. The smallest absolute Gasteiger partial charge is 0.325 e. The Hall–Kier alpha value is -2.48. The van der Waals surface area contributed by atoms with Crippen molar-refractivity contribution in [3.05, 3.63) is 30.1 Å². The maximum Gasteiger partial charge on any atom is 0.325 e. The molecular weight excluding hydrogens is 300 g/mol. The number of urea groups is 1. The minimum Gasteiger partial charge on any atom is -0.391 e. The highest BCUT2D eigenvalue weighted by atomic mass is 16.3. The molecule has 8 heteroatoms. The monoisotopic (exact) mass is 318 g/mol. The molecule has 2 N–H and O–H groups in total. The number of hydrogen-bond acceptors (Lipinski definition) is 5. The molecule has 0 aliphatic carbocycles. The number of rotatable bonds is 4. The van der Waals surface area contributed by atoms with Crippen molar-refractivity contribution in [3.63, 3.8) is 0 Å². The third kappa shape index (κ3) is 3.31. The first-order valence-corrected chi connectivity index (χ1v) is 7.47. The predicted molar refractivity (Wildman–Crippen MR) is 79.1 cm³/mol. The number of pyridine rings is 1. The van der Waals surface area contributed by atoms with Crippen LogP contribution >= 0.6 is 0 Å². The Morgan fingerprint density at radius 3 is 2.70 bits per heavy atom. The van der Waals surface area contributed by atoms with Gasteiger partial charge in [-0.3, -0.25) is 19.5 Å². The summed E-state index contributed by atoms with van der Waals surface area (Å²) in [6.45, 7) is 0.281. The van der Waals surface area contributed by atoms with Gasteiger partial charge in [0.1, 0.15) is 6.54 Å². The summed E-state index contributed by atoms with van der Waals surface area (Å²) in [7, 11) is 0. The number of imide groups is 1. The van der Waals surface area contributed by atoms with Gasteiger partial charge in [0.15, 0.2) is 0 Å². The van der Waals surface area contributed by atoms with Gasteiger partial charge in [-0.25, -0.2) is 4.79 Å². The maximum absolute atomic E-state index is 12.3. The predicted octanol–water partition coefficient (Wildman–Crippen LogP) is -1.00. The zero-order valence-corrected chi connectivity index (χ0v) is 12.5. The Morgan fingerprint density at radius 2 is 2.04 bits per heavy atom. The van der Waals surface area contributed by atoms with Gasteiger partial charge in [-0.05, 0) is 24.1 Å². The van der Waals surface area contributed by atoms with Gasteiger partial charge in [-0.15, -0.1) is 0 Å². The van der Waals surface area contributed by atoms with Crippen LogP contribution in [0.15, 0.2) is 24.5 Å². The highest BCUT2D eigenvalue weighted by Crippen LogP contribution is 2.21. The molecule has 1 aromatic heterocycles. The second-order valence-electron chi connectivity index (χ2n) is 5.82. The lowest BCUT2D eigenvalue weighted by Gasteiger charge is -2.19. The van der Waals surface area contributed by atoms with Crippen LogP contribution < -0.4 is 5.32 Å². The second-order valence-corrected chi connectivity index (χ2v) is 5.82. The highest BCUT2D eigenvalue weighted by Gasteiger charge is 2.37. The minimum atomic E-state index is -0.616. The lowest BCUT2D eigenvalue weighted by atomic mass is 9.97. The molecule has 2 saturated heterocycles. The SMILES string of the molecule is O=C(CN1C(=O)CNC1=O)N1C[C@@H](Cc2ccncc2)[C@H](O)C1. The number of aliphatic hydroxyl groups is 1. The van der Waals surface area contributed by atoms with E-state index in [0.717, 1.165) is 10.5 Å². The van der Waals surface area contributed by atoms with Crippen LogP contribution in [0.2, 0.25) is 0 Å². The van der Waals surface area contributed by atoms with Gasteiger partial charge in [0, 0.05) is 31.4 Å². The van der Waals surface area contributed by atoms with Gasteiger partial charge in [0.05, 0.1) is 12.6 Å². The van der Waals surface area contributed by atoms with Crippen LogP contribution in [0, 0.1) is 5.92 Å². The van der Waals surface area contributed by atoms with E-state index in [-0.39, 0.29) is 31.5 Å². The number of nitrogens with one attached hydrogen (secondary N) is 1. The second kappa shape index (κ2) is 6.33. The van der Waals surface area contributed by atoms with Gasteiger partial charge in [-0.1, -0.05) is 0 Å². The molecule has 0 radical (unpaired) electrons. The van der Waals surface area contributed by atoms with E-state index < -0.39 is 18.0 Å². The van der Waals surface area contributed by atoms with E-state index in [4.69, 9.17) is 0 Å². The molecule has 3 heterocycles. The fourth-order valence-electron chi connectivity index (χ4n) is 2.93. The minimum absolute atomic E-state index is 0.0653. The van der Waals surface area contributed by atoms with Crippen molar-refractivity contribution in [2.45, 2.75) is 12.5 Å². The first-order chi connectivity index (χ1) is 11.0. The van der Waals surface area contributed by atoms with Crippen LogP contribution in [-0.4, -0.2) is 70.0 Å². The van der Waals surface area contributed by atoms with Gasteiger partial charge in [0.25, 0.3) is 5.91 Å². The molecule has 23 heavy (non-hydrogen) atoms. The standard InChI is InChI=1S/C15H18N4O4/c20-12-8-18(7-11(12)5-10-1-3-16-4-2-10)14(22)9-19-13(21)6-17-15(19)23/h1-4,11-12,20H,5-9H2,(H,17,23)/t11-,12-/m1/s1. The number of carbonyl (C=O) groups is 3. The van der Waals surface area contributed by atoms with Crippen LogP contribution in [0.1, 0.15) is 5.56 Å². The summed E-state index contributed by atoms with van der Waals surface area (Å²) in [5.74, 6) is -0.799. The molecule has 0 saturated carbocycles. The summed E-state index contributed by atoms with van der Waals surface area (Å²) in [5, 5.41) is 12.5. The topological polar surface area (TPSA) is 103 Å². The van der Waals surface area contributed by atoms with Crippen molar-refractivity contribution in [2.75, 3.05) is 26.2 Å². The summed E-state index contributed by atoms with van der Waals surface area (Å²) in [4.78, 5) is 41.6. The summed E-state index contributed by atoms with van der Waals surface area (Å²) in [6, 6.07) is 3.21. The molecule has 0 spiro atoms. The highest BCUT2D eigenvalue weighted by molar-refractivity contribution is 6.04. The van der Waals surface area contributed by atoms with Crippen molar-refractivity contribution in [1.82, 2.24) is 20.1 Å². The molecule has 3 rings (SSSR count). The van der Waals surface area contributed by atoms with E-state index in [2.05, 4.69) is 10.3 Å². The van der Waals surface area contributed by atoms with Crippen molar-refractivity contribution < 1.29 is 19.5 Å². The molecule has 4 amide bonds. The van der Waals surface area contributed by atoms with E-state index in [0.29, 0.717) is 13.0 Å². The third-order valence-corrected chi connectivity index (χ3v) is 4.24. The van der Waals surface area contributed by atoms with E-state index in [1.165, 1.54) is 4.90 Å². The van der Waals surface area contributed by atoms with Crippen molar-refractivity contribution in [3.8, 4) is 0 Å². The molecule has 2 aliphatic heterocycles. The lowest BCUT2D eigenvalue weighted by molar-refractivity contribution is -0.136. The molecule has 0 bridgehead atoms. The zero-order chi connectivity index (χ0) is 16.4. The van der Waals surface area contributed by atoms with Gasteiger partial charge >= 0.3 is 6.03 Å². The molecule has 122 valence electrons. The number of carbonyl (C=O) groups excluding carboxylic acids is 3.